The smallest absolute Gasteiger partial charge is 0.295 e. The van der Waals surface area contributed by atoms with Gasteiger partial charge in [0.05, 0.1) is 43.0 Å². The molecule has 1 heterocycles. The zero-order chi connectivity index (χ0) is 24.3. The van der Waals surface area contributed by atoms with E-state index >= 15 is 0 Å². The highest BCUT2D eigenvalue weighted by atomic mass is 35.5. The van der Waals surface area contributed by atoms with Gasteiger partial charge >= 0.3 is 0 Å². The zero-order valence-electron chi connectivity index (χ0n) is 19.3. The lowest BCUT2D eigenvalue weighted by Gasteiger charge is -2.25. The number of benzene rings is 2. The van der Waals surface area contributed by atoms with Gasteiger partial charge < -0.3 is 24.2 Å². The number of aliphatic hydroxyl groups excluding tert-OH is 1. The molecule has 0 saturated carbocycles. The molecule has 176 valence electrons. The molecular formula is C25H28ClNO6. The average molecular weight is 474 g/mol. The van der Waals surface area contributed by atoms with Crippen LogP contribution in [-0.4, -0.2) is 56.2 Å². The van der Waals surface area contributed by atoms with Gasteiger partial charge in [0, 0.05) is 19.7 Å². The molecule has 1 fully saturated rings. The second-order valence-electron chi connectivity index (χ2n) is 7.99. The normalized spacial score (nSPS) is 17.7. The molecule has 2 aromatic rings. The number of ketones is 1. The highest BCUT2D eigenvalue weighted by Gasteiger charge is 2.46. The van der Waals surface area contributed by atoms with Crippen molar-refractivity contribution in [2.45, 2.75) is 25.8 Å². The number of rotatable bonds is 8. The quantitative estimate of drug-likeness (QED) is 0.344. The number of amides is 1. The van der Waals surface area contributed by atoms with Crippen LogP contribution in [0.1, 0.15) is 42.5 Å². The largest absolute Gasteiger partial charge is 0.507 e. The Morgan fingerprint density at radius 1 is 1.06 bits per heavy atom. The molecule has 8 heteroatoms. The molecule has 1 unspecified atom stereocenters. The van der Waals surface area contributed by atoms with Crippen LogP contribution in [0.3, 0.4) is 0 Å². The van der Waals surface area contributed by atoms with Crippen LogP contribution in [0.25, 0.3) is 5.76 Å². The molecule has 0 spiro atoms. The molecule has 7 nitrogen and oxygen atoms in total. The lowest BCUT2D eigenvalue weighted by Crippen LogP contribution is -2.32. The van der Waals surface area contributed by atoms with Crippen LogP contribution in [0.5, 0.6) is 11.5 Å². The summed E-state index contributed by atoms with van der Waals surface area (Å²) in [6, 6.07) is 9.85. The van der Waals surface area contributed by atoms with Crippen molar-refractivity contribution < 1.29 is 28.9 Å². The number of halogens is 1. The summed E-state index contributed by atoms with van der Waals surface area (Å²) in [5, 5.41) is 11.5. The van der Waals surface area contributed by atoms with Gasteiger partial charge in [0.15, 0.2) is 0 Å². The number of nitrogens with zero attached hydrogens (tertiary/aromatic N) is 1. The molecule has 1 amide bonds. The highest BCUT2D eigenvalue weighted by molar-refractivity contribution is 6.46. The Kier molecular flexibility index (Phi) is 7.66. The second kappa shape index (κ2) is 10.3. The minimum atomic E-state index is -0.785. The fourth-order valence-electron chi connectivity index (χ4n) is 3.90. The summed E-state index contributed by atoms with van der Waals surface area (Å²) in [5.74, 6) is -0.921. The predicted molar refractivity (Wildman–Crippen MR) is 126 cm³/mol. The number of Topliss-reactive ketones (excluding diaryl/α,β-unsaturated/α-hetero) is 1. The van der Waals surface area contributed by atoms with Crippen LogP contribution in [0.4, 0.5) is 0 Å². The molecule has 1 atom stereocenters. The first-order valence-corrected chi connectivity index (χ1v) is 10.9. The van der Waals surface area contributed by atoms with E-state index in [-0.39, 0.29) is 40.8 Å². The predicted octanol–water partition coefficient (Wildman–Crippen LogP) is 4.55. The monoisotopic (exact) mass is 473 g/mol. The van der Waals surface area contributed by atoms with Gasteiger partial charge in [-0.25, -0.2) is 0 Å². The maximum absolute atomic E-state index is 13.1. The number of hydrogen-bond donors (Lipinski definition) is 1. The number of ether oxygens (including phenoxy) is 3. The third-order valence-corrected chi connectivity index (χ3v) is 6.02. The van der Waals surface area contributed by atoms with Crippen molar-refractivity contribution in [1.29, 1.82) is 0 Å². The Morgan fingerprint density at radius 3 is 2.24 bits per heavy atom. The third-order valence-electron chi connectivity index (χ3n) is 5.72. The molecule has 2 aromatic carbocycles. The molecule has 1 aliphatic rings. The van der Waals surface area contributed by atoms with Gasteiger partial charge in [0.1, 0.15) is 17.3 Å². The average Bonchev–Trinajstić information content (AvgIpc) is 3.06. The Bertz CT molecular complexity index is 1080. The maximum atomic E-state index is 13.1. The first-order valence-electron chi connectivity index (χ1n) is 10.5. The highest BCUT2D eigenvalue weighted by Crippen LogP contribution is 2.43. The zero-order valence-corrected chi connectivity index (χ0v) is 20.1. The third kappa shape index (κ3) is 4.70. The Morgan fingerprint density at radius 2 is 1.70 bits per heavy atom. The number of hydrogen-bond acceptors (Lipinski definition) is 6. The molecule has 3 rings (SSSR count). The summed E-state index contributed by atoms with van der Waals surface area (Å²) < 4.78 is 15.8. The van der Waals surface area contributed by atoms with E-state index in [0.717, 1.165) is 5.56 Å². The molecule has 1 aliphatic heterocycles. The van der Waals surface area contributed by atoms with Gasteiger partial charge in [0.2, 0.25) is 0 Å². The fourth-order valence-corrected chi connectivity index (χ4v) is 4.14. The summed E-state index contributed by atoms with van der Waals surface area (Å²) in [4.78, 5) is 27.5. The second-order valence-corrected chi connectivity index (χ2v) is 8.40. The fraction of sp³-hybridized carbons (Fsp3) is 0.360. The molecule has 33 heavy (non-hydrogen) atoms. The molecule has 0 radical (unpaired) electrons. The van der Waals surface area contributed by atoms with Gasteiger partial charge in [0.25, 0.3) is 11.7 Å². The van der Waals surface area contributed by atoms with Crippen molar-refractivity contribution >= 4 is 29.1 Å². The molecule has 0 bridgehead atoms. The number of methoxy groups -OCH3 is 3. The van der Waals surface area contributed by atoms with Crippen LogP contribution in [0, 0.1) is 0 Å². The molecule has 0 aromatic heterocycles. The SMILES string of the molecule is COCCN1C(=O)C(=O)/C(=C(/O)c2cc(Cl)c(OC)cc2OC)C1c1ccc(C(C)C)cc1. The topological polar surface area (TPSA) is 85.3 Å². The van der Waals surface area contributed by atoms with Gasteiger partial charge in [-0.1, -0.05) is 49.7 Å². The van der Waals surface area contributed by atoms with E-state index < -0.39 is 17.7 Å². The van der Waals surface area contributed by atoms with Crippen molar-refractivity contribution in [3.05, 3.63) is 63.7 Å². The summed E-state index contributed by atoms with van der Waals surface area (Å²) in [5.41, 5.74) is 1.98. The van der Waals surface area contributed by atoms with Gasteiger partial charge in [-0.2, -0.15) is 0 Å². The Hall–Kier alpha value is -3.03. The van der Waals surface area contributed by atoms with Crippen molar-refractivity contribution in [1.82, 2.24) is 4.90 Å². The summed E-state index contributed by atoms with van der Waals surface area (Å²) in [7, 11) is 4.41. The van der Waals surface area contributed by atoms with Gasteiger partial charge in [-0.05, 0) is 23.1 Å². The van der Waals surface area contributed by atoms with E-state index in [1.165, 1.54) is 38.4 Å². The van der Waals surface area contributed by atoms with Crippen molar-refractivity contribution in [3.8, 4) is 11.5 Å². The summed E-state index contributed by atoms with van der Waals surface area (Å²) in [6.07, 6.45) is 0. The van der Waals surface area contributed by atoms with E-state index in [9.17, 15) is 14.7 Å². The number of carbonyl (C=O) groups excluding carboxylic acids is 2. The van der Waals surface area contributed by atoms with Crippen LogP contribution in [-0.2, 0) is 14.3 Å². The number of likely N-dealkylation sites (tertiary alicyclic amines) is 1. The van der Waals surface area contributed by atoms with Gasteiger partial charge in [-0.15, -0.1) is 0 Å². The molecule has 0 aliphatic carbocycles. The minimum Gasteiger partial charge on any atom is -0.507 e. The van der Waals surface area contributed by atoms with Crippen LogP contribution >= 0.6 is 11.6 Å². The molecule has 1 saturated heterocycles. The Labute approximate surface area is 198 Å². The Balaban J connectivity index is 2.22. The van der Waals surface area contributed by atoms with E-state index in [2.05, 4.69) is 13.8 Å². The standard InChI is InChI=1S/C25H28ClNO6/c1-14(2)15-6-8-16(9-7-15)22-21(24(29)25(30)27(22)10-11-31-3)23(28)17-12-18(26)20(33-5)13-19(17)32-4/h6-9,12-14,22,28H,10-11H2,1-5H3/b23-21+. The van der Waals surface area contributed by atoms with Gasteiger partial charge in [-0.3, -0.25) is 9.59 Å². The minimum absolute atomic E-state index is 0.0343. The van der Waals surface area contributed by atoms with Crippen LogP contribution in [0.15, 0.2) is 42.0 Å². The summed E-state index contributed by atoms with van der Waals surface area (Å²) >= 11 is 6.28. The number of carbonyl (C=O) groups is 2. The van der Waals surface area contributed by atoms with E-state index in [1.54, 1.807) is 0 Å². The maximum Gasteiger partial charge on any atom is 0.295 e. The van der Waals surface area contributed by atoms with Crippen LogP contribution in [0.2, 0.25) is 5.02 Å². The van der Waals surface area contributed by atoms with Crippen LogP contribution < -0.4 is 9.47 Å². The lowest BCUT2D eigenvalue weighted by atomic mass is 9.93. The van der Waals surface area contributed by atoms with E-state index in [4.69, 9.17) is 25.8 Å². The van der Waals surface area contributed by atoms with Crippen molar-refractivity contribution in [3.63, 3.8) is 0 Å². The van der Waals surface area contributed by atoms with E-state index in [0.29, 0.717) is 17.2 Å². The van der Waals surface area contributed by atoms with E-state index in [1.807, 2.05) is 24.3 Å². The summed E-state index contributed by atoms with van der Waals surface area (Å²) in [6.45, 7) is 4.60. The molecule has 1 N–H and O–H groups in total. The van der Waals surface area contributed by atoms with Crippen molar-refractivity contribution in [2.75, 3.05) is 34.5 Å². The first kappa shape index (κ1) is 24.6. The lowest BCUT2D eigenvalue weighted by molar-refractivity contribution is -0.140. The first-order chi connectivity index (χ1) is 15.7. The molecular weight excluding hydrogens is 446 g/mol. The van der Waals surface area contributed by atoms with Crippen molar-refractivity contribution in [2.24, 2.45) is 0 Å². The number of aliphatic hydroxyl groups is 1.